The summed E-state index contributed by atoms with van der Waals surface area (Å²) in [4.78, 5) is 18.3. The number of aromatic nitrogens is 2. The Morgan fingerprint density at radius 1 is 1.17 bits per heavy atom. The van der Waals surface area contributed by atoms with E-state index in [1.807, 2.05) is 19.1 Å². The first-order valence-corrected chi connectivity index (χ1v) is 14.6. The molecule has 3 N–H and O–H groups in total. The van der Waals surface area contributed by atoms with E-state index in [1.165, 1.54) is 19.3 Å². The molecule has 0 unspecified atom stereocenters. The van der Waals surface area contributed by atoms with Gasteiger partial charge in [0.25, 0.3) is 0 Å². The van der Waals surface area contributed by atoms with Gasteiger partial charge in [-0.3, -0.25) is 4.79 Å². The summed E-state index contributed by atoms with van der Waals surface area (Å²) < 4.78 is 26.1. The summed E-state index contributed by atoms with van der Waals surface area (Å²) in [6, 6.07) is 8.47. The molecule has 41 heavy (non-hydrogen) atoms. The molecule has 1 amide bonds. The van der Waals surface area contributed by atoms with Crippen LogP contribution in [-0.2, 0) is 4.79 Å². The number of aliphatic hydroxyl groups is 1. The van der Waals surface area contributed by atoms with Crippen molar-refractivity contribution in [1.82, 2.24) is 15.3 Å². The Morgan fingerprint density at radius 3 is 2.41 bits per heavy atom. The first-order chi connectivity index (χ1) is 19.6. The van der Waals surface area contributed by atoms with Crippen LogP contribution in [0.15, 0.2) is 36.7 Å². The highest BCUT2D eigenvalue weighted by atomic mass is 35.5. The van der Waals surface area contributed by atoms with Gasteiger partial charge < -0.3 is 25.2 Å². The number of rotatable bonds is 8. The predicted molar refractivity (Wildman–Crippen MR) is 164 cm³/mol. The number of aliphatic hydroxyl groups excluding tert-OH is 1. The number of hydrogen-bond acceptors (Lipinski definition) is 7. The lowest BCUT2D eigenvalue weighted by Gasteiger charge is -2.27. The van der Waals surface area contributed by atoms with Crippen LogP contribution in [0.4, 0.5) is 15.9 Å². The Balaban J connectivity index is 0.000000414. The smallest absolute Gasteiger partial charge is 0.216 e. The second-order valence-electron chi connectivity index (χ2n) is 10.1. The number of methoxy groups -OCH3 is 1. The Kier molecular flexibility index (Phi) is 14.6. The van der Waals surface area contributed by atoms with E-state index in [0.717, 1.165) is 50.9 Å². The zero-order valence-electron chi connectivity index (χ0n) is 25.0. The predicted octanol–water partition coefficient (Wildman–Crippen LogP) is 7.44. The van der Waals surface area contributed by atoms with Crippen molar-refractivity contribution in [2.75, 3.05) is 19.5 Å². The summed E-state index contributed by atoms with van der Waals surface area (Å²) in [5.41, 5.74) is 0.920. The molecule has 8 nitrogen and oxygen atoms in total. The maximum absolute atomic E-state index is 14.3. The van der Waals surface area contributed by atoms with E-state index in [-0.39, 0.29) is 28.8 Å². The number of anilines is 2. The molecule has 3 aromatic rings. The quantitative estimate of drug-likeness (QED) is 0.250. The summed E-state index contributed by atoms with van der Waals surface area (Å²) in [5.74, 6) is 1.96. The third-order valence-electron chi connectivity index (χ3n) is 6.83. The fourth-order valence-corrected chi connectivity index (χ4v) is 4.38. The van der Waals surface area contributed by atoms with E-state index in [1.54, 1.807) is 26.3 Å². The minimum absolute atomic E-state index is 0.00463. The Hall–Kier alpha value is -3.17. The number of fused-ring (bicyclic) bond motifs is 1. The number of carbonyl (C=O) groups excluding carboxylic acids is 1. The summed E-state index contributed by atoms with van der Waals surface area (Å²) in [6.07, 6.45) is 8.83. The summed E-state index contributed by atoms with van der Waals surface area (Å²) in [7, 11) is 3.21. The lowest BCUT2D eigenvalue weighted by molar-refractivity contribution is -0.118. The van der Waals surface area contributed by atoms with E-state index in [2.05, 4.69) is 34.4 Å². The molecule has 0 bridgehead atoms. The SMILES string of the molecule is CCC[C@@H](O)CC.CNC(C)=O.COc1cc2ncnc(Nc3cccc(Cl)c3F)c2cc1OC1CCC(C)CC1. The fourth-order valence-electron chi connectivity index (χ4n) is 4.21. The van der Waals surface area contributed by atoms with Crippen LogP contribution in [-0.4, -0.2) is 47.3 Å². The van der Waals surface area contributed by atoms with Gasteiger partial charge in [0, 0.05) is 25.4 Å². The number of nitrogens with zero attached hydrogens (tertiary/aromatic N) is 2. The van der Waals surface area contributed by atoms with Crippen molar-refractivity contribution in [3.8, 4) is 11.5 Å². The van der Waals surface area contributed by atoms with E-state index >= 15 is 0 Å². The monoisotopic (exact) mass is 590 g/mol. The molecule has 0 saturated heterocycles. The average Bonchev–Trinajstić information content (AvgIpc) is 2.97. The summed E-state index contributed by atoms with van der Waals surface area (Å²) in [6.45, 7) is 7.83. The fraction of sp³-hybridized carbons (Fsp3) is 0.516. The second-order valence-corrected chi connectivity index (χ2v) is 10.5. The highest BCUT2D eigenvalue weighted by molar-refractivity contribution is 6.31. The molecule has 1 atom stereocenters. The first-order valence-electron chi connectivity index (χ1n) is 14.2. The topological polar surface area (TPSA) is 106 Å². The standard InChI is InChI=1S/C22H23ClFN3O2.C6H14O.C3H7NO/c1-13-6-8-14(9-7-13)29-20-10-15-18(11-19(20)28-2)25-12-26-22(15)27-17-5-3-4-16(23)21(17)24;1-3-5-6(7)4-2;1-3(5)4-2/h3-5,10-14H,6-9H2,1-2H3,(H,25,26,27);6-7H,3-5H2,1-2H3;1-2H3,(H,4,5)/t;6-;/m.0./s1. The number of ether oxygens (including phenoxy) is 2. The molecule has 1 aliphatic carbocycles. The number of hydrogen-bond donors (Lipinski definition) is 3. The van der Waals surface area contributed by atoms with Gasteiger partial charge in [-0.2, -0.15) is 0 Å². The second kappa shape index (κ2) is 17.6. The Bertz CT molecular complexity index is 1240. The van der Waals surface area contributed by atoms with Gasteiger partial charge in [-0.15, -0.1) is 0 Å². The highest BCUT2D eigenvalue weighted by Gasteiger charge is 2.22. The molecule has 226 valence electrons. The van der Waals surface area contributed by atoms with Gasteiger partial charge in [0.15, 0.2) is 17.3 Å². The highest BCUT2D eigenvalue weighted by Crippen LogP contribution is 2.37. The zero-order chi connectivity index (χ0) is 30.4. The van der Waals surface area contributed by atoms with E-state index in [9.17, 15) is 9.18 Å². The molecule has 1 aromatic heterocycles. The number of nitrogens with one attached hydrogen (secondary N) is 2. The maximum atomic E-state index is 14.3. The molecule has 4 rings (SSSR count). The molecule has 10 heteroatoms. The molecule has 1 heterocycles. The number of carbonyl (C=O) groups is 1. The van der Waals surface area contributed by atoms with E-state index < -0.39 is 5.82 Å². The lowest BCUT2D eigenvalue weighted by atomic mass is 9.89. The van der Waals surface area contributed by atoms with Gasteiger partial charge in [0.2, 0.25) is 5.91 Å². The molecular weight excluding hydrogens is 547 g/mol. The van der Waals surface area contributed by atoms with Crippen molar-refractivity contribution in [1.29, 1.82) is 0 Å². The minimum Gasteiger partial charge on any atom is -0.493 e. The van der Waals surface area contributed by atoms with Crippen LogP contribution in [0.3, 0.4) is 0 Å². The van der Waals surface area contributed by atoms with Crippen molar-refractivity contribution >= 4 is 39.9 Å². The minimum atomic E-state index is -0.526. The van der Waals surface area contributed by atoms with E-state index in [0.29, 0.717) is 28.2 Å². The van der Waals surface area contributed by atoms with Gasteiger partial charge in [-0.25, -0.2) is 14.4 Å². The Morgan fingerprint density at radius 2 is 1.85 bits per heavy atom. The Labute approximate surface area is 248 Å². The van der Waals surface area contributed by atoms with Crippen molar-refractivity contribution < 1.29 is 23.8 Å². The maximum Gasteiger partial charge on any atom is 0.216 e. The third-order valence-corrected chi connectivity index (χ3v) is 7.12. The number of halogens is 2. The largest absolute Gasteiger partial charge is 0.493 e. The number of amides is 1. The van der Waals surface area contributed by atoms with Crippen LogP contribution >= 0.6 is 11.6 Å². The van der Waals surface area contributed by atoms with Crippen molar-refractivity contribution in [2.24, 2.45) is 5.92 Å². The van der Waals surface area contributed by atoms with Crippen LogP contribution in [0, 0.1) is 11.7 Å². The van der Waals surface area contributed by atoms with Crippen molar-refractivity contribution in [2.45, 2.75) is 84.8 Å². The van der Waals surface area contributed by atoms with Gasteiger partial charge in [0.1, 0.15) is 12.1 Å². The molecule has 0 radical (unpaired) electrons. The van der Waals surface area contributed by atoms with Gasteiger partial charge in [0.05, 0.1) is 35.5 Å². The normalized spacial score (nSPS) is 16.8. The molecule has 0 aliphatic heterocycles. The first kappa shape index (κ1) is 34.0. The van der Waals surface area contributed by atoms with Crippen LogP contribution < -0.4 is 20.1 Å². The zero-order valence-corrected chi connectivity index (χ0v) is 25.7. The molecule has 1 saturated carbocycles. The van der Waals surface area contributed by atoms with Crippen molar-refractivity contribution in [3.63, 3.8) is 0 Å². The van der Waals surface area contributed by atoms with Crippen LogP contribution in [0.25, 0.3) is 10.9 Å². The third kappa shape index (κ3) is 11.0. The summed E-state index contributed by atoms with van der Waals surface area (Å²) in [5, 5.41) is 15.0. The molecule has 1 aliphatic rings. The molecular formula is C31H44ClFN4O4. The van der Waals surface area contributed by atoms with Crippen LogP contribution in [0.5, 0.6) is 11.5 Å². The lowest BCUT2D eigenvalue weighted by Crippen LogP contribution is -2.23. The van der Waals surface area contributed by atoms with Gasteiger partial charge in [-0.1, -0.05) is 44.9 Å². The molecule has 0 spiro atoms. The number of benzene rings is 2. The van der Waals surface area contributed by atoms with Gasteiger partial charge >= 0.3 is 0 Å². The van der Waals surface area contributed by atoms with Gasteiger partial charge in [-0.05, 0) is 62.6 Å². The van der Waals surface area contributed by atoms with Crippen LogP contribution in [0.2, 0.25) is 5.02 Å². The van der Waals surface area contributed by atoms with Crippen LogP contribution in [0.1, 0.15) is 72.6 Å². The molecule has 1 fully saturated rings. The molecule has 2 aromatic carbocycles. The summed E-state index contributed by atoms with van der Waals surface area (Å²) >= 11 is 5.90. The average molecular weight is 591 g/mol. The van der Waals surface area contributed by atoms with Crippen molar-refractivity contribution in [3.05, 3.63) is 47.5 Å². The van der Waals surface area contributed by atoms with E-state index in [4.69, 9.17) is 26.2 Å².